The fourth-order valence-corrected chi connectivity index (χ4v) is 6.75. The average Bonchev–Trinajstić information content (AvgIpc) is 2.95. The molecule has 2 aromatic rings. The Labute approximate surface area is 255 Å². The summed E-state index contributed by atoms with van der Waals surface area (Å²) in [5, 5.41) is 10.5. The summed E-state index contributed by atoms with van der Waals surface area (Å²) >= 11 is 12.4. The van der Waals surface area contributed by atoms with E-state index < -0.39 is 11.9 Å². The van der Waals surface area contributed by atoms with Gasteiger partial charge in [0.1, 0.15) is 6.61 Å². The second kappa shape index (κ2) is 12.8. The molecular formula is C33H33Cl2NO6. The zero-order chi connectivity index (χ0) is 30.0. The maximum Gasteiger partial charge on any atom is 0.305 e. The molecule has 0 fully saturated rings. The number of carbonyl (C=O) groups is 3. The molecule has 5 rings (SSSR count). The summed E-state index contributed by atoms with van der Waals surface area (Å²) in [5.41, 5.74) is 5.19. The molecule has 9 heteroatoms. The van der Waals surface area contributed by atoms with E-state index in [0.717, 1.165) is 28.1 Å². The highest BCUT2D eigenvalue weighted by molar-refractivity contribution is 6.35. The van der Waals surface area contributed by atoms with E-state index in [1.54, 1.807) is 25.3 Å². The molecule has 220 valence electrons. The number of ketones is 2. The zero-order valence-electron chi connectivity index (χ0n) is 23.5. The Balaban J connectivity index is 1.63. The van der Waals surface area contributed by atoms with Crippen LogP contribution in [-0.2, 0) is 27.4 Å². The van der Waals surface area contributed by atoms with Crippen LogP contribution in [0.5, 0.6) is 11.5 Å². The predicted molar refractivity (Wildman–Crippen MR) is 161 cm³/mol. The number of carboxylic acids is 1. The highest BCUT2D eigenvalue weighted by Crippen LogP contribution is 2.50. The molecule has 7 nitrogen and oxygen atoms in total. The minimum atomic E-state index is -0.917. The number of carbonyl (C=O) groups excluding carboxylic acids is 2. The number of halogens is 2. The Kier molecular flexibility index (Phi) is 9.09. The van der Waals surface area contributed by atoms with Crippen molar-refractivity contribution in [1.82, 2.24) is 4.90 Å². The second-order valence-corrected chi connectivity index (χ2v) is 11.6. The fraction of sp³-hybridized carbons (Fsp3) is 0.364. The number of benzene rings is 2. The van der Waals surface area contributed by atoms with Crippen molar-refractivity contribution < 1.29 is 29.0 Å². The van der Waals surface area contributed by atoms with Crippen LogP contribution in [0.15, 0.2) is 65.5 Å². The van der Waals surface area contributed by atoms with E-state index in [0.29, 0.717) is 77.6 Å². The zero-order valence-corrected chi connectivity index (χ0v) is 25.0. The average molecular weight is 611 g/mol. The van der Waals surface area contributed by atoms with Crippen molar-refractivity contribution in [2.24, 2.45) is 0 Å². The molecule has 0 amide bonds. The summed E-state index contributed by atoms with van der Waals surface area (Å²) in [6.45, 7) is 4.33. The molecule has 3 aliphatic rings. The number of carboxylic acid groups (broad SMARTS) is 1. The lowest BCUT2D eigenvalue weighted by molar-refractivity contribution is -0.137. The first-order chi connectivity index (χ1) is 20.2. The van der Waals surface area contributed by atoms with Gasteiger partial charge in [0.25, 0.3) is 0 Å². The third kappa shape index (κ3) is 5.86. The van der Waals surface area contributed by atoms with Crippen molar-refractivity contribution >= 4 is 40.7 Å². The summed E-state index contributed by atoms with van der Waals surface area (Å²) in [6.07, 6.45) is 5.61. The van der Waals surface area contributed by atoms with Gasteiger partial charge in [-0.3, -0.25) is 14.4 Å². The van der Waals surface area contributed by atoms with E-state index in [-0.39, 0.29) is 31.1 Å². The van der Waals surface area contributed by atoms with Crippen molar-refractivity contribution in [2.45, 2.75) is 63.9 Å². The van der Waals surface area contributed by atoms with Crippen molar-refractivity contribution in [3.05, 3.63) is 92.3 Å². The molecule has 0 bridgehead atoms. The normalized spacial score (nSPS) is 17.3. The minimum absolute atomic E-state index is 0.00607. The molecule has 42 heavy (non-hydrogen) atoms. The van der Waals surface area contributed by atoms with Crippen LogP contribution in [0.1, 0.15) is 67.6 Å². The van der Waals surface area contributed by atoms with Crippen LogP contribution in [0.2, 0.25) is 10.0 Å². The Morgan fingerprint density at radius 3 is 2.26 bits per heavy atom. The van der Waals surface area contributed by atoms with Crippen LogP contribution in [0, 0.1) is 0 Å². The van der Waals surface area contributed by atoms with Gasteiger partial charge in [0.15, 0.2) is 23.1 Å². The van der Waals surface area contributed by atoms with Crippen LogP contribution in [-0.4, -0.2) is 41.2 Å². The monoisotopic (exact) mass is 609 g/mol. The SMILES string of the molecule is C=CCc1cc(C2C3=C(CCCC3=O)N(CCC(=O)O)C3=C2C(=O)CCC3)cc(OC)c1OCc1ccc(Cl)cc1Cl. The van der Waals surface area contributed by atoms with Crippen LogP contribution in [0.3, 0.4) is 0 Å². The van der Waals surface area contributed by atoms with Gasteiger partial charge in [0.2, 0.25) is 0 Å². The quantitative estimate of drug-likeness (QED) is 0.285. The van der Waals surface area contributed by atoms with Gasteiger partial charge in [-0.15, -0.1) is 6.58 Å². The number of aliphatic carboxylic acids is 1. The Bertz CT molecular complexity index is 1480. The van der Waals surface area contributed by atoms with E-state index in [4.69, 9.17) is 32.7 Å². The third-order valence-electron chi connectivity index (χ3n) is 8.09. The summed E-state index contributed by atoms with van der Waals surface area (Å²) in [7, 11) is 1.56. The van der Waals surface area contributed by atoms with E-state index in [9.17, 15) is 19.5 Å². The summed E-state index contributed by atoms with van der Waals surface area (Å²) in [5.74, 6) is -0.492. The van der Waals surface area contributed by atoms with Gasteiger partial charge in [-0.1, -0.05) is 41.4 Å². The third-order valence-corrected chi connectivity index (χ3v) is 8.68. The van der Waals surface area contributed by atoms with Crippen molar-refractivity contribution in [3.63, 3.8) is 0 Å². The molecular weight excluding hydrogens is 577 g/mol. The summed E-state index contributed by atoms with van der Waals surface area (Å²) in [6, 6.07) is 9.04. The molecule has 1 aliphatic heterocycles. The molecule has 0 aromatic heterocycles. The van der Waals surface area contributed by atoms with Gasteiger partial charge in [0.05, 0.1) is 13.5 Å². The number of ether oxygens (including phenoxy) is 2. The Morgan fingerprint density at radius 2 is 1.69 bits per heavy atom. The number of hydrogen-bond acceptors (Lipinski definition) is 6. The van der Waals surface area contributed by atoms with E-state index in [2.05, 4.69) is 6.58 Å². The van der Waals surface area contributed by atoms with Crippen LogP contribution in [0.25, 0.3) is 0 Å². The van der Waals surface area contributed by atoms with Gasteiger partial charge in [0, 0.05) is 69.0 Å². The molecule has 0 unspecified atom stereocenters. The number of hydrogen-bond donors (Lipinski definition) is 1. The van der Waals surface area contributed by atoms with Crippen LogP contribution >= 0.6 is 23.2 Å². The lowest BCUT2D eigenvalue weighted by atomic mass is 9.70. The van der Waals surface area contributed by atoms with Crippen LogP contribution < -0.4 is 9.47 Å². The number of rotatable bonds is 10. The van der Waals surface area contributed by atoms with Gasteiger partial charge in [-0.05, 0) is 55.9 Å². The second-order valence-electron chi connectivity index (χ2n) is 10.7. The molecule has 1 heterocycles. The summed E-state index contributed by atoms with van der Waals surface area (Å²) < 4.78 is 12.1. The van der Waals surface area contributed by atoms with Crippen molar-refractivity contribution in [3.8, 4) is 11.5 Å². The first-order valence-corrected chi connectivity index (χ1v) is 14.9. The molecule has 0 spiro atoms. The number of allylic oxidation sites excluding steroid dienone is 5. The lowest BCUT2D eigenvalue weighted by Crippen LogP contribution is -2.40. The molecule has 2 aromatic carbocycles. The molecule has 0 saturated heterocycles. The molecule has 0 saturated carbocycles. The van der Waals surface area contributed by atoms with Crippen molar-refractivity contribution in [2.75, 3.05) is 13.7 Å². The van der Waals surface area contributed by atoms with E-state index in [1.165, 1.54) is 0 Å². The number of methoxy groups -OCH3 is 1. The van der Waals surface area contributed by atoms with Crippen LogP contribution in [0.4, 0.5) is 0 Å². The van der Waals surface area contributed by atoms with E-state index >= 15 is 0 Å². The van der Waals surface area contributed by atoms with Gasteiger partial charge in [-0.2, -0.15) is 0 Å². The highest BCUT2D eigenvalue weighted by atomic mass is 35.5. The van der Waals surface area contributed by atoms with E-state index in [1.807, 2.05) is 23.1 Å². The predicted octanol–water partition coefficient (Wildman–Crippen LogP) is 7.20. The lowest BCUT2D eigenvalue weighted by Gasteiger charge is -2.44. The standard InChI is InChI=1S/C33H33Cl2NO6/c1-3-6-19-15-21(16-28(41-2)33(19)42-18-20-11-12-22(34)17-23(20)35)30-31-24(7-4-9-26(31)37)36(14-13-29(39)40)25-8-5-10-27(38)32(25)30/h3,11-12,15-17,30H,1,4-10,13-14,18H2,2H3,(H,39,40). The highest BCUT2D eigenvalue weighted by Gasteiger charge is 2.43. The molecule has 2 aliphatic carbocycles. The Hall–Kier alpha value is -3.55. The molecule has 1 N–H and O–H groups in total. The maximum atomic E-state index is 13.6. The topological polar surface area (TPSA) is 93.1 Å². The maximum absolute atomic E-state index is 13.6. The van der Waals surface area contributed by atoms with Gasteiger partial charge in [-0.25, -0.2) is 0 Å². The summed E-state index contributed by atoms with van der Waals surface area (Å²) in [4.78, 5) is 40.7. The molecule has 0 atom stereocenters. The number of nitrogens with zero attached hydrogens (tertiary/aromatic N) is 1. The Morgan fingerprint density at radius 1 is 1.02 bits per heavy atom. The minimum Gasteiger partial charge on any atom is -0.493 e. The van der Waals surface area contributed by atoms with Gasteiger partial charge >= 0.3 is 5.97 Å². The fourth-order valence-electron chi connectivity index (χ4n) is 6.29. The van der Waals surface area contributed by atoms with Crippen molar-refractivity contribution in [1.29, 1.82) is 0 Å². The largest absolute Gasteiger partial charge is 0.493 e. The smallest absolute Gasteiger partial charge is 0.305 e. The first-order valence-electron chi connectivity index (χ1n) is 14.1. The molecule has 0 radical (unpaired) electrons. The first kappa shape index (κ1) is 29.9. The van der Waals surface area contributed by atoms with Gasteiger partial charge < -0.3 is 19.5 Å². The number of Topliss-reactive ketones (excluding diaryl/α,β-unsaturated/α-hetero) is 2.